The molecule has 1 rings (SSSR count). The summed E-state index contributed by atoms with van der Waals surface area (Å²) in [5.41, 5.74) is 0.415. The number of hydrogen-bond donors (Lipinski definition) is 2. The molecule has 0 saturated heterocycles. The first-order valence-corrected chi connectivity index (χ1v) is 11.4. The lowest BCUT2D eigenvalue weighted by atomic mass is 9.87. The van der Waals surface area contributed by atoms with Gasteiger partial charge in [-0.1, -0.05) is 73.8 Å². The van der Waals surface area contributed by atoms with Gasteiger partial charge in [-0.25, -0.2) is 0 Å². The minimum absolute atomic E-state index is 0.0905. The fourth-order valence-corrected chi connectivity index (χ4v) is 3.30. The first-order chi connectivity index (χ1) is 14.6. The number of benzene rings is 1. The highest BCUT2D eigenvalue weighted by Crippen LogP contribution is 2.25. The van der Waals surface area contributed by atoms with Crippen LogP contribution in [-0.2, 0) is 16.0 Å². The Morgan fingerprint density at radius 2 is 1.87 bits per heavy atom. The molecular weight excluding hydrogens is 457 g/mol. The van der Waals surface area contributed by atoms with Crippen LogP contribution in [0.25, 0.3) is 0 Å². The fourth-order valence-electron chi connectivity index (χ4n) is 2.75. The van der Waals surface area contributed by atoms with Crippen LogP contribution in [-0.4, -0.2) is 29.8 Å². The lowest BCUT2D eigenvalue weighted by Crippen LogP contribution is -2.48. The van der Waals surface area contributed by atoms with E-state index in [0.717, 1.165) is 18.2 Å². The van der Waals surface area contributed by atoms with Gasteiger partial charge in [-0.15, -0.1) is 0 Å². The molecule has 0 saturated carbocycles. The second-order valence-corrected chi connectivity index (χ2v) is 9.33. The standard InChI is InChI=1S/C24H32Cl3NO3/c1-5-14-31-22(15-18-6-8-19(25)9-7-18)17(2)28-23(30)24(3,4)12-10-20(26)16-21(27)11-13-29/h6-11,13,16-17,22,29H,5,12,14-15H2,1-4H3,(H,28,30)/b13-11+,20-10+,21-16+. The quantitative estimate of drug-likeness (QED) is 0.248. The molecule has 0 radical (unpaired) electrons. The molecule has 1 aromatic carbocycles. The summed E-state index contributed by atoms with van der Waals surface area (Å²) in [5, 5.41) is 13.2. The van der Waals surface area contributed by atoms with Gasteiger partial charge in [0.2, 0.25) is 5.91 Å². The molecule has 0 aliphatic heterocycles. The maximum absolute atomic E-state index is 12.9. The summed E-state index contributed by atoms with van der Waals surface area (Å²) in [6, 6.07) is 7.47. The van der Waals surface area contributed by atoms with Crippen molar-refractivity contribution in [2.24, 2.45) is 5.41 Å². The van der Waals surface area contributed by atoms with Crippen molar-refractivity contribution in [2.45, 2.75) is 59.1 Å². The molecule has 172 valence electrons. The number of hydrogen-bond acceptors (Lipinski definition) is 3. The van der Waals surface area contributed by atoms with Crippen LogP contribution >= 0.6 is 34.8 Å². The molecule has 0 fully saturated rings. The van der Waals surface area contributed by atoms with E-state index in [9.17, 15) is 4.79 Å². The van der Waals surface area contributed by atoms with Crippen molar-refractivity contribution in [3.63, 3.8) is 0 Å². The van der Waals surface area contributed by atoms with E-state index in [1.54, 1.807) is 6.08 Å². The summed E-state index contributed by atoms with van der Waals surface area (Å²) in [6.45, 7) is 8.34. The molecule has 7 heteroatoms. The third kappa shape index (κ3) is 10.6. The Hall–Kier alpha value is -1.46. The van der Waals surface area contributed by atoms with E-state index in [-0.39, 0.29) is 23.1 Å². The van der Waals surface area contributed by atoms with Crippen molar-refractivity contribution in [2.75, 3.05) is 6.61 Å². The first-order valence-electron chi connectivity index (χ1n) is 10.3. The number of ether oxygens (including phenoxy) is 1. The summed E-state index contributed by atoms with van der Waals surface area (Å²) in [6.07, 6.45) is 7.22. The number of carbonyl (C=O) groups excluding carboxylic acids is 1. The van der Waals surface area contributed by atoms with Crippen LogP contribution in [0.15, 0.2) is 58.8 Å². The van der Waals surface area contributed by atoms with Gasteiger partial charge in [-0.2, -0.15) is 0 Å². The minimum atomic E-state index is -0.683. The molecule has 0 aliphatic carbocycles. The number of aliphatic hydroxyl groups is 1. The van der Waals surface area contributed by atoms with Crippen molar-refractivity contribution in [1.29, 1.82) is 0 Å². The molecule has 0 spiro atoms. The van der Waals surface area contributed by atoms with E-state index in [1.165, 1.54) is 12.2 Å². The number of halogens is 3. The van der Waals surface area contributed by atoms with E-state index in [4.69, 9.17) is 44.6 Å². The van der Waals surface area contributed by atoms with Crippen molar-refractivity contribution in [1.82, 2.24) is 5.32 Å². The second kappa shape index (κ2) is 13.8. The number of aliphatic hydroxyl groups excluding tert-OH is 1. The van der Waals surface area contributed by atoms with Crippen LogP contribution in [0.2, 0.25) is 5.02 Å². The zero-order chi connectivity index (χ0) is 23.4. The Bertz CT molecular complexity index is 786. The van der Waals surface area contributed by atoms with Gasteiger partial charge in [-0.3, -0.25) is 4.79 Å². The molecule has 2 unspecified atom stereocenters. The molecule has 0 heterocycles. The van der Waals surface area contributed by atoms with Gasteiger partial charge in [0.05, 0.1) is 18.4 Å². The molecule has 1 amide bonds. The summed E-state index contributed by atoms with van der Waals surface area (Å²) >= 11 is 18.0. The summed E-state index contributed by atoms with van der Waals surface area (Å²) < 4.78 is 6.04. The summed E-state index contributed by atoms with van der Waals surface area (Å²) in [4.78, 5) is 12.9. The molecule has 31 heavy (non-hydrogen) atoms. The molecule has 4 nitrogen and oxygen atoms in total. The number of nitrogens with one attached hydrogen (secondary N) is 1. The van der Waals surface area contributed by atoms with Crippen LogP contribution in [0.1, 0.15) is 46.1 Å². The highest BCUT2D eigenvalue weighted by Gasteiger charge is 2.30. The van der Waals surface area contributed by atoms with Crippen molar-refractivity contribution < 1.29 is 14.6 Å². The smallest absolute Gasteiger partial charge is 0.226 e. The van der Waals surface area contributed by atoms with Gasteiger partial charge in [0.25, 0.3) is 0 Å². The predicted molar refractivity (Wildman–Crippen MR) is 131 cm³/mol. The number of rotatable bonds is 12. The van der Waals surface area contributed by atoms with Gasteiger partial charge in [0, 0.05) is 33.5 Å². The average Bonchev–Trinajstić information content (AvgIpc) is 2.71. The number of amides is 1. The van der Waals surface area contributed by atoms with Crippen LogP contribution in [0.5, 0.6) is 0 Å². The largest absolute Gasteiger partial charge is 0.516 e. The maximum Gasteiger partial charge on any atom is 0.226 e. The van der Waals surface area contributed by atoms with Gasteiger partial charge < -0.3 is 15.2 Å². The number of allylic oxidation sites excluding steroid dienone is 5. The monoisotopic (exact) mass is 487 g/mol. The van der Waals surface area contributed by atoms with E-state index >= 15 is 0 Å². The lowest BCUT2D eigenvalue weighted by Gasteiger charge is -2.30. The highest BCUT2D eigenvalue weighted by atomic mass is 35.5. The van der Waals surface area contributed by atoms with Crippen molar-refractivity contribution >= 4 is 40.7 Å². The van der Waals surface area contributed by atoms with E-state index in [2.05, 4.69) is 12.2 Å². The second-order valence-electron chi connectivity index (χ2n) is 8.02. The first kappa shape index (κ1) is 27.6. The van der Waals surface area contributed by atoms with Crippen LogP contribution < -0.4 is 5.32 Å². The molecular formula is C24H32Cl3NO3. The zero-order valence-electron chi connectivity index (χ0n) is 18.5. The number of carbonyl (C=O) groups is 1. The molecule has 0 aliphatic rings. The van der Waals surface area contributed by atoms with E-state index < -0.39 is 5.41 Å². The molecule has 0 bridgehead atoms. The molecule has 1 aromatic rings. The Labute approximate surface area is 200 Å². The Morgan fingerprint density at radius 1 is 1.23 bits per heavy atom. The van der Waals surface area contributed by atoms with Gasteiger partial charge in [0.15, 0.2) is 0 Å². The third-order valence-corrected chi connectivity index (χ3v) is 5.48. The van der Waals surface area contributed by atoms with Crippen LogP contribution in [0, 0.1) is 5.41 Å². The molecule has 2 N–H and O–H groups in total. The van der Waals surface area contributed by atoms with Gasteiger partial charge in [-0.05, 0) is 49.6 Å². The SMILES string of the molecule is CCCOC(Cc1ccc(Cl)cc1)C(C)NC(=O)C(C)(C)C\C=C(Cl)/C=C(Cl)\C=C\O. The summed E-state index contributed by atoms with van der Waals surface area (Å²) in [5.74, 6) is -0.0905. The van der Waals surface area contributed by atoms with Crippen molar-refractivity contribution in [3.8, 4) is 0 Å². The van der Waals surface area contributed by atoms with Gasteiger partial charge >= 0.3 is 0 Å². The fraction of sp³-hybridized carbons (Fsp3) is 0.458. The lowest BCUT2D eigenvalue weighted by molar-refractivity contribution is -0.131. The Morgan fingerprint density at radius 3 is 2.45 bits per heavy atom. The highest BCUT2D eigenvalue weighted by molar-refractivity contribution is 6.35. The van der Waals surface area contributed by atoms with E-state index in [0.29, 0.717) is 29.5 Å². The van der Waals surface area contributed by atoms with Crippen LogP contribution in [0.3, 0.4) is 0 Å². The van der Waals surface area contributed by atoms with E-state index in [1.807, 2.05) is 45.0 Å². The van der Waals surface area contributed by atoms with Crippen LogP contribution in [0.4, 0.5) is 0 Å². The van der Waals surface area contributed by atoms with Crippen molar-refractivity contribution in [3.05, 3.63) is 69.4 Å². The minimum Gasteiger partial charge on any atom is -0.516 e. The predicted octanol–water partition coefficient (Wildman–Crippen LogP) is 6.92. The normalized spacial score (nSPS) is 15.2. The topological polar surface area (TPSA) is 58.6 Å². The summed E-state index contributed by atoms with van der Waals surface area (Å²) in [7, 11) is 0. The maximum atomic E-state index is 12.9. The Balaban J connectivity index is 2.81. The van der Waals surface area contributed by atoms with Gasteiger partial charge in [0.1, 0.15) is 0 Å². The average molecular weight is 489 g/mol. The zero-order valence-corrected chi connectivity index (χ0v) is 20.8. The molecule has 2 atom stereocenters. The third-order valence-electron chi connectivity index (χ3n) is 4.73. The Kier molecular flexibility index (Phi) is 12.3. The molecule has 0 aromatic heterocycles.